The lowest BCUT2D eigenvalue weighted by Gasteiger charge is -2.21. The molecule has 0 aromatic carbocycles. The third-order valence-electron chi connectivity index (χ3n) is 4.48. The second-order valence-corrected chi connectivity index (χ2v) is 11.0. The van der Waals surface area contributed by atoms with E-state index in [4.69, 9.17) is 25.8 Å². The molecule has 0 saturated carbocycles. The average molecular weight is 500 g/mol. The summed E-state index contributed by atoms with van der Waals surface area (Å²) in [7, 11) is -4.81. The fraction of sp³-hybridized carbons (Fsp3) is 0.615. The third-order valence-corrected chi connectivity index (χ3v) is 8.03. The second-order valence-electron chi connectivity index (χ2n) is 6.57. The van der Waals surface area contributed by atoms with E-state index in [1.165, 1.54) is 17.2 Å². The first kappa shape index (κ1) is 23.0. The quantitative estimate of drug-likeness (QED) is 0.307. The Balaban J connectivity index is 1.69. The molecule has 6 bridgehead atoms. The maximum atomic E-state index is 12.6. The number of imidazole rings is 1. The second kappa shape index (κ2) is 8.67. The number of nitrogens with zero attached hydrogens (tertiary/aromatic N) is 4. The van der Waals surface area contributed by atoms with Gasteiger partial charge in [-0.1, -0.05) is 0 Å². The molecule has 15 nitrogen and oxygen atoms in total. The summed E-state index contributed by atoms with van der Waals surface area (Å²) >= 11 is 4.69. The van der Waals surface area contributed by atoms with Gasteiger partial charge in [0.25, 0.3) is 5.56 Å². The van der Waals surface area contributed by atoms with Gasteiger partial charge in [0.05, 0.1) is 26.1 Å². The lowest BCUT2D eigenvalue weighted by atomic mass is 10.1. The van der Waals surface area contributed by atoms with Gasteiger partial charge in [0, 0.05) is 0 Å². The van der Waals surface area contributed by atoms with Gasteiger partial charge in [0.15, 0.2) is 17.4 Å². The van der Waals surface area contributed by atoms with Gasteiger partial charge in [-0.3, -0.25) is 18.5 Å². The Morgan fingerprint density at radius 2 is 1.90 bits per heavy atom. The van der Waals surface area contributed by atoms with Crippen molar-refractivity contribution in [3.63, 3.8) is 0 Å². The molecule has 1 saturated heterocycles. The first-order chi connectivity index (χ1) is 14.6. The highest BCUT2D eigenvalue weighted by Crippen LogP contribution is 2.60. The first-order valence-corrected chi connectivity index (χ1v) is 12.8. The molecule has 3 aliphatic rings. The van der Waals surface area contributed by atoms with Gasteiger partial charge in [-0.15, -0.1) is 0 Å². The van der Waals surface area contributed by atoms with Crippen molar-refractivity contribution in [2.24, 2.45) is 0 Å². The highest BCUT2D eigenvalue weighted by Gasteiger charge is 2.45. The van der Waals surface area contributed by atoms with E-state index in [2.05, 4.69) is 18.8 Å². The van der Waals surface area contributed by atoms with Gasteiger partial charge in [0.2, 0.25) is 0 Å². The molecule has 0 amide bonds. The van der Waals surface area contributed by atoms with Gasteiger partial charge in [-0.25, -0.2) is 18.8 Å². The van der Waals surface area contributed by atoms with Gasteiger partial charge in [-0.2, -0.15) is 0 Å². The van der Waals surface area contributed by atoms with E-state index in [9.17, 15) is 29.4 Å². The first-order valence-electron chi connectivity index (χ1n) is 8.75. The van der Waals surface area contributed by atoms with Crippen molar-refractivity contribution in [3.8, 4) is 0 Å². The third kappa shape index (κ3) is 4.80. The smallest absolute Gasteiger partial charge is 0.387 e. The highest BCUT2D eigenvalue weighted by atomic mass is 32.5. The predicted molar refractivity (Wildman–Crippen MR) is 103 cm³/mol. The van der Waals surface area contributed by atoms with E-state index in [-0.39, 0.29) is 24.5 Å². The summed E-state index contributed by atoms with van der Waals surface area (Å²) in [6.07, 6.45) is -2.97. The Morgan fingerprint density at radius 3 is 2.68 bits per heavy atom. The number of phosphoric acid groups is 1. The normalized spacial score (nSPS) is 37.8. The number of hydrogen-bond acceptors (Lipinski definition) is 12. The summed E-state index contributed by atoms with van der Waals surface area (Å²) in [5, 5.41) is 20.7. The van der Waals surface area contributed by atoms with E-state index < -0.39 is 57.9 Å². The molecule has 0 spiro atoms. The molecule has 18 heteroatoms. The van der Waals surface area contributed by atoms with Crippen LogP contribution in [0.15, 0.2) is 17.4 Å². The molecule has 1 fully saturated rings. The Bertz CT molecular complexity index is 1120. The molecule has 4 N–H and O–H groups in total. The lowest BCUT2D eigenvalue weighted by Crippen LogP contribution is -2.33. The number of aromatic nitrogens is 4. The van der Waals surface area contributed by atoms with Crippen LogP contribution in [0.1, 0.15) is 6.23 Å². The molecule has 3 aliphatic heterocycles. The topological polar surface area (TPSA) is 197 Å². The van der Waals surface area contributed by atoms with Crippen molar-refractivity contribution in [2.45, 2.75) is 31.3 Å². The standard InChI is InChI=1S/C13H18N4O11P2S/c18-9-7-3-26-30(23,31)28-29(21,22)25-2-1-24-6-16-4-15-11-8(12(16)20)14-5-17(11)13(27-7)10(9)19/h4-5,7,9-10,13,18-19H,1-3,6H2,(H,21,22)(H,23,31)/t7-,9-,10-,13-,30?/m1/s1. The Hall–Kier alpha value is -1.13. The summed E-state index contributed by atoms with van der Waals surface area (Å²) in [5.41, 5.74) is -0.483. The van der Waals surface area contributed by atoms with E-state index in [0.717, 1.165) is 4.57 Å². The number of ether oxygens (including phenoxy) is 2. The molecule has 6 atom stereocenters. The number of rotatable bonds is 0. The number of phosphoric ester groups is 1. The average Bonchev–Trinajstić information content (AvgIpc) is 3.22. The predicted octanol–water partition coefficient (Wildman–Crippen LogP) is -1.43. The van der Waals surface area contributed by atoms with Crippen LogP contribution in [0.25, 0.3) is 11.2 Å². The molecule has 2 aromatic heterocycles. The summed E-state index contributed by atoms with van der Waals surface area (Å²) in [5.74, 6) is 0. The molecule has 31 heavy (non-hydrogen) atoms. The Kier molecular flexibility index (Phi) is 6.44. The maximum Gasteiger partial charge on any atom is 0.479 e. The van der Waals surface area contributed by atoms with Crippen LogP contribution in [0.5, 0.6) is 0 Å². The van der Waals surface area contributed by atoms with Crippen molar-refractivity contribution in [1.82, 2.24) is 19.1 Å². The zero-order valence-corrected chi connectivity index (χ0v) is 18.1. The number of aliphatic hydroxyl groups is 2. The fourth-order valence-corrected chi connectivity index (χ4v) is 6.04. The maximum absolute atomic E-state index is 12.6. The van der Waals surface area contributed by atoms with Crippen LogP contribution in [-0.2, 0) is 45.9 Å². The monoisotopic (exact) mass is 500 g/mol. The van der Waals surface area contributed by atoms with Crippen LogP contribution in [0, 0.1) is 0 Å². The van der Waals surface area contributed by atoms with Crippen LogP contribution in [0.4, 0.5) is 0 Å². The SMILES string of the molecule is O=c1c2ncn3c2ncn1COCCOP(=O)(O)OP(O)(=S)OC[C@H]1O[C@@H]3[C@H](O)[C@@H]1O. The van der Waals surface area contributed by atoms with E-state index in [1.54, 1.807) is 0 Å². The van der Waals surface area contributed by atoms with Crippen molar-refractivity contribution in [3.05, 3.63) is 23.0 Å². The molecule has 0 radical (unpaired) electrons. The molecule has 2 unspecified atom stereocenters. The molecule has 172 valence electrons. The minimum absolute atomic E-state index is 0.0347. The summed E-state index contributed by atoms with van der Waals surface area (Å²) < 4.78 is 39.3. The zero-order chi connectivity index (χ0) is 22.4. The molecule has 5 heterocycles. The molecule has 5 rings (SSSR count). The number of fused-ring (bicyclic) bond motifs is 10. The molecule has 0 aliphatic carbocycles. The van der Waals surface area contributed by atoms with Crippen LogP contribution in [0.3, 0.4) is 0 Å². The van der Waals surface area contributed by atoms with E-state index in [0.29, 0.717) is 0 Å². The molecule has 2 aromatic rings. The van der Waals surface area contributed by atoms with Crippen LogP contribution in [0.2, 0.25) is 0 Å². The summed E-state index contributed by atoms with van der Waals surface area (Å²) in [6, 6.07) is 0. The summed E-state index contributed by atoms with van der Waals surface area (Å²) in [4.78, 5) is 40.5. The minimum Gasteiger partial charge on any atom is -0.387 e. The van der Waals surface area contributed by atoms with Crippen LogP contribution in [-0.4, -0.2) is 77.2 Å². The number of hydrogen-bond donors (Lipinski definition) is 4. The zero-order valence-electron chi connectivity index (χ0n) is 15.5. The minimum atomic E-state index is -4.81. The van der Waals surface area contributed by atoms with Gasteiger partial charge < -0.3 is 34.0 Å². The molecular formula is C13H18N4O11P2S. The van der Waals surface area contributed by atoms with Crippen molar-refractivity contribution in [2.75, 3.05) is 19.8 Å². The Morgan fingerprint density at radius 1 is 1.13 bits per heavy atom. The lowest BCUT2D eigenvalue weighted by molar-refractivity contribution is -0.0488. The molecular weight excluding hydrogens is 482 g/mol. The van der Waals surface area contributed by atoms with E-state index in [1.807, 2.05) is 0 Å². The fourth-order valence-electron chi connectivity index (χ4n) is 3.04. The van der Waals surface area contributed by atoms with Gasteiger partial charge in [-0.05, 0) is 11.8 Å². The van der Waals surface area contributed by atoms with Gasteiger partial charge in [0.1, 0.15) is 31.4 Å². The van der Waals surface area contributed by atoms with Crippen LogP contribution >= 0.6 is 14.5 Å². The van der Waals surface area contributed by atoms with Gasteiger partial charge >= 0.3 is 14.5 Å². The largest absolute Gasteiger partial charge is 0.479 e. The highest BCUT2D eigenvalue weighted by molar-refractivity contribution is 8.08. The van der Waals surface area contributed by atoms with E-state index >= 15 is 0 Å². The summed E-state index contributed by atoms with van der Waals surface area (Å²) in [6.45, 7) is -5.76. The van der Waals surface area contributed by atoms with Crippen LogP contribution < -0.4 is 5.56 Å². The van der Waals surface area contributed by atoms with Crippen molar-refractivity contribution < 1.29 is 47.4 Å². The van der Waals surface area contributed by atoms with Crippen molar-refractivity contribution >= 4 is 37.5 Å². The Labute approximate surface area is 178 Å². The number of aliphatic hydroxyl groups excluding tert-OH is 2. The van der Waals surface area contributed by atoms with Crippen molar-refractivity contribution in [1.29, 1.82) is 0 Å².